The van der Waals surface area contributed by atoms with E-state index in [0.717, 1.165) is 43.3 Å². The second kappa shape index (κ2) is 5.60. The molecule has 0 aromatic carbocycles. The molecule has 1 aromatic rings. The van der Waals surface area contributed by atoms with Crippen LogP contribution >= 0.6 is 0 Å². The summed E-state index contributed by atoms with van der Waals surface area (Å²) in [6.45, 7) is 6.40. The zero-order chi connectivity index (χ0) is 11.3. The summed E-state index contributed by atoms with van der Waals surface area (Å²) in [7, 11) is 1.70. The first kappa shape index (κ1) is 11.8. The number of nitrogens with one attached hydrogen (secondary N) is 1. The fraction of sp³-hybridized carbons (Fsp3) is 0.700. The molecule has 0 spiro atoms. The molecule has 0 atom stereocenters. The average molecular weight is 212 g/mol. The largest absolute Gasteiger partial charge is 0.394 e. The monoisotopic (exact) mass is 212 g/mol. The molecule has 0 saturated heterocycles. The summed E-state index contributed by atoms with van der Waals surface area (Å²) in [5, 5.41) is 7.61. The van der Waals surface area contributed by atoms with Gasteiger partial charge in [0, 0.05) is 26.8 Å². The van der Waals surface area contributed by atoms with Crippen LogP contribution in [0.15, 0.2) is 0 Å². The van der Waals surface area contributed by atoms with Gasteiger partial charge in [0.05, 0.1) is 11.4 Å². The number of hydrogen-bond donors (Lipinski definition) is 2. The van der Waals surface area contributed by atoms with Gasteiger partial charge in [0.25, 0.3) is 0 Å². The zero-order valence-electron chi connectivity index (χ0n) is 9.71. The lowest BCUT2D eigenvalue weighted by atomic mass is 10.3. The van der Waals surface area contributed by atoms with Gasteiger partial charge in [-0.05, 0) is 20.3 Å². The van der Waals surface area contributed by atoms with E-state index in [1.54, 1.807) is 7.11 Å². The molecule has 86 valence electrons. The number of aromatic nitrogens is 2. The SMILES string of the molecule is CCn1nc(C)c(N)c1NCCCOC. The van der Waals surface area contributed by atoms with Gasteiger partial charge >= 0.3 is 0 Å². The van der Waals surface area contributed by atoms with Crippen molar-refractivity contribution in [1.29, 1.82) is 0 Å². The molecule has 1 rings (SSSR count). The lowest BCUT2D eigenvalue weighted by molar-refractivity contribution is 0.197. The van der Waals surface area contributed by atoms with Crippen molar-refractivity contribution in [3.63, 3.8) is 0 Å². The Morgan fingerprint density at radius 2 is 2.27 bits per heavy atom. The molecule has 0 aliphatic heterocycles. The van der Waals surface area contributed by atoms with Crippen molar-refractivity contribution in [3.8, 4) is 0 Å². The molecule has 0 unspecified atom stereocenters. The Balaban J connectivity index is 2.58. The van der Waals surface area contributed by atoms with E-state index < -0.39 is 0 Å². The van der Waals surface area contributed by atoms with E-state index in [0.29, 0.717) is 0 Å². The Morgan fingerprint density at radius 1 is 1.53 bits per heavy atom. The molecule has 1 heterocycles. The molecule has 0 fully saturated rings. The van der Waals surface area contributed by atoms with Crippen LogP contribution < -0.4 is 11.1 Å². The van der Waals surface area contributed by atoms with Crippen LogP contribution in [0.3, 0.4) is 0 Å². The van der Waals surface area contributed by atoms with Gasteiger partial charge in [-0.2, -0.15) is 5.10 Å². The number of anilines is 2. The third kappa shape index (κ3) is 2.86. The number of ether oxygens (including phenoxy) is 1. The van der Waals surface area contributed by atoms with Crippen LogP contribution in [0.25, 0.3) is 0 Å². The molecule has 1 aromatic heterocycles. The minimum atomic E-state index is 0.745. The van der Waals surface area contributed by atoms with Crippen molar-refractivity contribution in [3.05, 3.63) is 5.69 Å². The first-order valence-corrected chi connectivity index (χ1v) is 5.26. The molecule has 0 aliphatic rings. The van der Waals surface area contributed by atoms with Gasteiger partial charge < -0.3 is 15.8 Å². The standard InChI is InChI=1S/C10H20N4O/c1-4-14-10(9(11)8(2)13-14)12-6-5-7-15-3/h12H,4-7,11H2,1-3H3. The summed E-state index contributed by atoms with van der Waals surface area (Å²) < 4.78 is 6.86. The number of methoxy groups -OCH3 is 1. The maximum absolute atomic E-state index is 5.92. The van der Waals surface area contributed by atoms with Crippen molar-refractivity contribution in [2.75, 3.05) is 31.3 Å². The molecule has 5 heteroatoms. The first-order valence-electron chi connectivity index (χ1n) is 5.26. The molecule has 0 aliphatic carbocycles. The summed E-state index contributed by atoms with van der Waals surface area (Å²) in [5.74, 6) is 0.922. The molecule has 15 heavy (non-hydrogen) atoms. The second-order valence-corrected chi connectivity index (χ2v) is 3.44. The zero-order valence-corrected chi connectivity index (χ0v) is 9.71. The van der Waals surface area contributed by atoms with Gasteiger partial charge in [0.1, 0.15) is 5.82 Å². The molecule has 0 radical (unpaired) electrons. The minimum Gasteiger partial charge on any atom is -0.394 e. The van der Waals surface area contributed by atoms with Crippen molar-refractivity contribution in [2.24, 2.45) is 0 Å². The summed E-state index contributed by atoms with van der Waals surface area (Å²) >= 11 is 0. The first-order chi connectivity index (χ1) is 7.20. The van der Waals surface area contributed by atoms with Crippen molar-refractivity contribution in [2.45, 2.75) is 26.8 Å². The average Bonchev–Trinajstić information content (AvgIpc) is 2.51. The highest BCUT2D eigenvalue weighted by Gasteiger charge is 2.09. The molecular formula is C10H20N4O. The van der Waals surface area contributed by atoms with Gasteiger partial charge in [0.2, 0.25) is 0 Å². The van der Waals surface area contributed by atoms with E-state index in [2.05, 4.69) is 10.4 Å². The maximum atomic E-state index is 5.92. The van der Waals surface area contributed by atoms with Crippen LogP contribution in [-0.4, -0.2) is 30.0 Å². The Kier molecular flexibility index (Phi) is 4.42. The predicted molar refractivity (Wildman–Crippen MR) is 62.0 cm³/mol. The molecule has 0 amide bonds. The summed E-state index contributed by atoms with van der Waals surface area (Å²) in [4.78, 5) is 0. The molecule has 3 N–H and O–H groups in total. The van der Waals surface area contributed by atoms with E-state index in [-0.39, 0.29) is 0 Å². The fourth-order valence-corrected chi connectivity index (χ4v) is 1.43. The highest BCUT2D eigenvalue weighted by Crippen LogP contribution is 2.21. The smallest absolute Gasteiger partial charge is 0.148 e. The van der Waals surface area contributed by atoms with Crippen molar-refractivity contribution < 1.29 is 4.74 Å². The summed E-state index contributed by atoms with van der Waals surface area (Å²) in [5.41, 5.74) is 7.54. The van der Waals surface area contributed by atoms with Crippen LogP contribution in [0, 0.1) is 6.92 Å². The number of rotatable bonds is 6. The van der Waals surface area contributed by atoms with Crippen molar-refractivity contribution >= 4 is 11.5 Å². The maximum Gasteiger partial charge on any atom is 0.148 e. The lowest BCUT2D eigenvalue weighted by Gasteiger charge is -2.08. The number of nitrogen functional groups attached to an aromatic ring is 1. The Bertz CT molecular complexity index is 309. The molecule has 0 bridgehead atoms. The van der Waals surface area contributed by atoms with Crippen LogP contribution in [0.4, 0.5) is 11.5 Å². The minimum absolute atomic E-state index is 0.745. The van der Waals surface area contributed by atoms with E-state index >= 15 is 0 Å². The summed E-state index contributed by atoms with van der Waals surface area (Å²) in [6.07, 6.45) is 0.962. The van der Waals surface area contributed by atoms with E-state index in [1.165, 1.54) is 0 Å². The van der Waals surface area contributed by atoms with Crippen LogP contribution in [0.2, 0.25) is 0 Å². The highest BCUT2D eigenvalue weighted by molar-refractivity contribution is 5.64. The quantitative estimate of drug-likeness (QED) is 0.696. The van der Waals surface area contributed by atoms with Gasteiger partial charge in [-0.3, -0.25) is 0 Å². The van der Waals surface area contributed by atoms with Gasteiger partial charge in [-0.15, -0.1) is 0 Å². The third-order valence-electron chi connectivity index (χ3n) is 2.29. The fourth-order valence-electron chi connectivity index (χ4n) is 1.43. The van der Waals surface area contributed by atoms with Gasteiger partial charge in [-0.1, -0.05) is 0 Å². The summed E-state index contributed by atoms with van der Waals surface area (Å²) in [6, 6.07) is 0. The third-order valence-corrected chi connectivity index (χ3v) is 2.29. The molecule has 5 nitrogen and oxygen atoms in total. The Labute approximate surface area is 90.6 Å². The highest BCUT2D eigenvalue weighted by atomic mass is 16.5. The Morgan fingerprint density at radius 3 is 2.87 bits per heavy atom. The van der Waals surface area contributed by atoms with Gasteiger partial charge in [-0.25, -0.2) is 4.68 Å². The van der Waals surface area contributed by atoms with Gasteiger partial charge in [0.15, 0.2) is 0 Å². The number of nitrogens with zero attached hydrogens (tertiary/aromatic N) is 2. The van der Waals surface area contributed by atoms with Crippen molar-refractivity contribution in [1.82, 2.24) is 9.78 Å². The molecular weight excluding hydrogens is 192 g/mol. The van der Waals surface area contributed by atoms with E-state index in [9.17, 15) is 0 Å². The topological polar surface area (TPSA) is 65.1 Å². The van der Waals surface area contributed by atoms with Crippen LogP contribution in [0.5, 0.6) is 0 Å². The Hall–Kier alpha value is -1.23. The molecule has 0 saturated carbocycles. The lowest BCUT2D eigenvalue weighted by Crippen LogP contribution is -2.10. The van der Waals surface area contributed by atoms with Crippen LogP contribution in [-0.2, 0) is 11.3 Å². The van der Waals surface area contributed by atoms with E-state index in [1.807, 2.05) is 18.5 Å². The number of hydrogen-bond acceptors (Lipinski definition) is 4. The second-order valence-electron chi connectivity index (χ2n) is 3.44. The number of nitrogens with two attached hydrogens (primary N) is 1. The predicted octanol–water partition coefficient (Wildman–Crippen LogP) is 1.24. The normalized spacial score (nSPS) is 10.6. The van der Waals surface area contributed by atoms with Crippen LogP contribution in [0.1, 0.15) is 19.0 Å². The van der Waals surface area contributed by atoms with E-state index in [4.69, 9.17) is 10.5 Å². The number of aryl methyl sites for hydroxylation is 2.